The summed E-state index contributed by atoms with van der Waals surface area (Å²) in [5, 5.41) is 0. The zero-order chi connectivity index (χ0) is 13.5. The molecule has 1 aromatic carbocycles. The largest absolute Gasteiger partial charge is 0.496 e. The molecule has 0 aliphatic carbocycles. The SMILES string of the molecule is CCOC(=O)C(=O)C(C)Cc1ccccc1OC. The van der Waals surface area contributed by atoms with Gasteiger partial charge in [0, 0.05) is 5.92 Å². The van der Waals surface area contributed by atoms with Crippen LogP contribution in [0.25, 0.3) is 0 Å². The highest BCUT2D eigenvalue weighted by atomic mass is 16.5. The molecule has 0 radical (unpaired) electrons. The summed E-state index contributed by atoms with van der Waals surface area (Å²) in [5.74, 6) is -0.955. The first kappa shape index (κ1) is 14.2. The molecule has 1 atom stereocenters. The van der Waals surface area contributed by atoms with Crippen LogP contribution in [-0.2, 0) is 20.7 Å². The van der Waals surface area contributed by atoms with Crippen molar-refractivity contribution in [3.05, 3.63) is 29.8 Å². The van der Waals surface area contributed by atoms with Gasteiger partial charge in [0.25, 0.3) is 0 Å². The highest BCUT2D eigenvalue weighted by molar-refractivity contribution is 6.34. The molecule has 0 aliphatic heterocycles. The summed E-state index contributed by atoms with van der Waals surface area (Å²) >= 11 is 0. The summed E-state index contributed by atoms with van der Waals surface area (Å²) in [4.78, 5) is 23.0. The van der Waals surface area contributed by atoms with E-state index in [4.69, 9.17) is 9.47 Å². The molecule has 0 saturated heterocycles. The predicted molar refractivity (Wildman–Crippen MR) is 67.5 cm³/mol. The maximum Gasteiger partial charge on any atom is 0.374 e. The molecule has 1 rings (SSSR count). The van der Waals surface area contributed by atoms with E-state index in [0.717, 1.165) is 11.3 Å². The van der Waals surface area contributed by atoms with Gasteiger partial charge in [-0.15, -0.1) is 0 Å². The highest BCUT2D eigenvalue weighted by Gasteiger charge is 2.23. The van der Waals surface area contributed by atoms with Crippen molar-refractivity contribution < 1.29 is 19.1 Å². The summed E-state index contributed by atoms with van der Waals surface area (Å²) in [6, 6.07) is 7.45. The molecule has 0 saturated carbocycles. The van der Waals surface area contributed by atoms with Crippen molar-refractivity contribution in [3.63, 3.8) is 0 Å². The smallest absolute Gasteiger partial charge is 0.374 e. The lowest BCUT2D eigenvalue weighted by atomic mass is 9.96. The third kappa shape index (κ3) is 3.58. The average Bonchev–Trinajstić information content (AvgIpc) is 2.38. The first-order valence-electron chi connectivity index (χ1n) is 5.93. The third-order valence-electron chi connectivity index (χ3n) is 2.64. The van der Waals surface area contributed by atoms with Crippen molar-refractivity contribution in [1.82, 2.24) is 0 Å². The Bertz CT molecular complexity index is 426. The minimum atomic E-state index is -0.764. The van der Waals surface area contributed by atoms with Gasteiger partial charge >= 0.3 is 5.97 Å². The first-order chi connectivity index (χ1) is 8.60. The molecule has 18 heavy (non-hydrogen) atoms. The molecule has 0 N–H and O–H groups in total. The third-order valence-corrected chi connectivity index (χ3v) is 2.64. The first-order valence-corrected chi connectivity index (χ1v) is 5.93. The second kappa shape index (κ2) is 6.79. The second-order valence-electron chi connectivity index (χ2n) is 4.00. The van der Waals surface area contributed by atoms with E-state index < -0.39 is 17.7 Å². The molecule has 0 aromatic heterocycles. The average molecular weight is 250 g/mol. The van der Waals surface area contributed by atoms with Gasteiger partial charge in [-0.3, -0.25) is 4.79 Å². The fraction of sp³-hybridized carbons (Fsp3) is 0.429. The number of carbonyl (C=O) groups is 2. The van der Waals surface area contributed by atoms with Crippen LogP contribution >= 0.6 is 0 Å². The Morgan fingerprint density at radius 1 is 1.28 bits per heavy atom. The molecule has 0 spiro atoms. The molecule has 1 aromatic rings. The van der Waals surface area contributed by atoms with Gasteiger partial charge in [-0.25, -0.2) is 4.79 Å². The van der Waals surface area contributed by atoms with E-state index in [2.05, 4.69) is 0 Å². The molecule has 0 amide bonds. The minimum absolute atomic E-state index is 0.214. The molecule has 0 heterocycles. The molecule has 4 nitrogen and oxygen atoms in total. The normalized spacial score (nSPS) is 11.7. The maximum atomic E-state index is 11.7. The van der Waals surface area contributed by atoms with Crippen molar-refractivity contribution in [2.24, 2.45) is 5.92 Å². The molecule has 98 valence electrons. The lowest BCUT2D eigenvalue weighted by Gasteiger charge is -2.12. The molecule has 1 unspecified atom stereocenters. The number of carbonyl (C=O) groups excluding carboxylic acids is 2. The lowest BCUT2D eigenvalue weighted by Crippen LogP contribution is -2.25. The summed E-state index contributed by atoms with van der Waals surface area (Å²) in [6.45, 7) is 3.60. The van der Waals surface area contributed by atoms with Crippen molar-refractivity contribution >= 4 is 11.8 Å². The topological polar surface area (TPSA) is 52.6 Å². The number of para-hydroxylation sites is 1. The molecule has 4 heteroatoms. The van der Waals surface area contributed by atoms with Gasteiger partial charge < -0.3 is 9.47 Å². The number of Topliss-reactive ketones (excluding diaryl/α,β-unsaturated/α-hetero) is 1. The summed E-state index contributed by atoms with van der Waals surface area (Å²) < 4.78 is 9.91. The van der Waals surface area contributed by atoms with Crippen LogP contribution in [0.2, 0.25) is 0 Å². The predicted octanol–water partition coefficient (Wildman–Crippen LogP) is 2.01. The highest BCUT2D eigenvalue weighted by Crippen LogP contribution is 2.21. The van der Waals surface area contributed by atoms with Crippen molar-refractivity contribution in [2.45, 2.75) is 20.3 Å². The molecular formula is C14H18O4. The Kier molecular flexibility index (Phi) is 5.36. The number of ether oxygens (including phenoxy) is 2. The Labute approximate surface area is 107 Å². The molecule has 0 fully saturated rings. The van der Waals surface area contributed by atoms with Gasteiger partial charge in [-0.05, 0) is 25.0 Å². The van der Waals surface area contributed by atoms with E-state index in [1.165, 1.54) is 0 Å². The lowest BCUT2D eigenvalue weighted by molar-refractivity contribution is -0.155. The number of hydrogen-bond acceptors (Lipinski definition) is 4. The number of ketones is 1. The summed E-state index contributed by atoms with van der Waals surface area (Å²) in [7, 11) is 1.58. The van der Waals surface area contributed by atoms with Gasteiger partial charge in [0.1, 0.15) is 5.75 Å². The van der Waals surface area contributed by atoms with Crippen LogP contribution in [0.5, 0.6) is 5.75 Å². The quantitative estimate of drug-likeness (QED) is 0.572. The van der Waals surface area contributed by atoms with E-state index in [9.17, 15) is 9.59 Å². The molecular weight excluding hydrogens is 232 g/mol. The van der Waals surface area contributed by atoms with Gasteiger partial charge in [0.05, 0.1) is 13.7 Å². The van der Waals surface area contributed by atoms with Gasteiger partial charge in [-0.2, -0.15) is 0 Å². The van der Waals surface area contributed by atoms with E-state index in [-0.39, 0.29) is 6.61 Å². The van der Waals surface area contributed by atoms with E-state index in [1.807, 2.05) is 24.3 Å². The summed E-state index contributed by atoms with van der Waals surface area (Å²) in [5.41, 5.74) is 0.908. The van der Waals surface area contributed by atoms with Crippen LogP contribution < -0.4 is 4.74 Å². The second-order valence-corrected chi connectivity index (χ2v) is 4.00. The number of methoxy groups -OCH3 is 1. The molecule has 0 bridgehead atoms. The van der Waals surface area contributed by atoms with Crippen LogP contribution in [-0.4, -0.2) is 25.5 Å². The van der Waals surface area contributed by atoms with E-state index >= 15 is 0 Å². The van der Waals surface area contributed by atoms with Crippen LogP contribution in [0.3, 0.4) is 0 Å². The van der Waals surface area contributed by atoms with Crippen LogP contribution in [0, 0.1) is 5.92 Å². The fourth-order valence-electron chi connectivity index (χ4n) is 1.70. The van der Waals surface area contributed by atoms with Gasteiger partial charge in [0.15, 0.2) is 0 Å². The van der Waals surface area contributed by atoms with E-state index in [1.54, 1.807) is 21.0 Å². The van der Waals surface area contributed by atoms with E-state index in [0.29, 0.717) is 6.42 Å². The maximum absolute atomic E-state index is 11.7. The van der Waals surface area contributed by atoms with Gasteiger partial charge in [0.2, 0.25) is 5.78 Å². The Hall–Kier alpha value is -1.84. The Balaban J connectivity index is 2.72. The summed E-state index contributed by atoms with van der Waals surface area (Å²) in [6.07, 6.45) is 0.460. The van der Waals surface area contributed by atoms with Crippen molar-refractivity contribution in [2.75, 3.05) is 13.7 Å². The number of esters is 1. The zero-order valence-corrected chi connectivity index (χ0v) is 10.9. The van der Waals surface area contributed by atoms with Crippen LogP contribution in [0.4, 0.5) is 0 Å². The van der Waals surface area contributed by atoms with Crippen molar-refractivity contribution in [1.29, 1.82) is 0 Å². The monoisotopic (exact) mass is 250 g/mol. The van der Waals surface area contributed by atoms with Crippen LogP contribution in [0.1, 0.15) is 19.4 Å². The van der Waals surface area contributed by atoms with Crippen molar-refractivity contribution in [3.8, 4) is 5.75 Å². The Morgan fingerprint density at radius 3 is 2.56 bits per heavy atom. The number of rotatable bonds is 6. The zero-order valence-electron chi connectivity index (χ0n) is 10.9. The Morgan fingerprint density at radius 2 is 1.94 bits per heavy atom. The fourth-order valence-corrected chi connectivity index (χ4v) is 1.70. The molecule has 0 aliphatic rings. The number of benzene rings is 1. The minimum Gasteiger partial charge on any atom is -0.496 e. The van der Waals surface area contributed by atoms with Crippen LogP contribution in [0.15, 0.2) is 24.3 Å². The number of hydrogen-bond donors (Lipinski definition) is 0. The standard InChI is InChI=1S/C14H18O4/c1-4-18-14(16)13(15)10(2)9-11-7-5-6-8-12(11)17-3/h5-8,10H,4,9H2,1-3H3. The van der Waals surface area contributed by atoms with Gasteiger partial charge in [-0.1, -0.05) is 25.1 Å².